The van der Waals surface area contributed by atoms with Gasteiger partial charge in [-0.25, -0.2) is 0 Å². The zero-order valence-electron chi connectivity index (χ0n) is 12.4. The molecule has 0 radical (unpaired) electrons. The number of methoxy groups -OCH3 is 1. The summed E-state index contributed by atoms with van der Waals surface area (Å²) < 4.78 is 5.33. The lowest BCUT2D eigenvalue weighted by Gasteiger charge is -2.35. The molecule has 1 aromatic rings. The van der Waals surface area contributed by atoms with E-state index in [4.69, 9.17) is 4.74 Å². The van der Waals surface area contributed by atoms with Crippen molar-refractivity contribution in [3.63, 3.8) is 0 Å². The van der Waals surface area contributed by atoms with Gasteiger partial charge in [0.1, 0.15) is 11.5 Å². The molecule has 0 aromatic heterocycles. The predicted molar refractivity (Wildman–Crippen MR) is 85.9 cm³/mol. The number of benzene rings is 1. The second kappa shape index (κ2) is 6.75. The smallest absolute Gasteiger partial charge is 0.143 e. The van der Waals surface area contributed by atoms with E-state index in [0.29, 0.717) is 12.2 Å². The van der Waals surface area contributed by atoms with E-state index in [1.807, 2.05) is 6.07 Å². The SMILES string of the molecule is COc1ccc2c(c1)C(C)(CCCCCBr)C(=O)CC2. The molecule has 0 saturated carbocycles. The Bertz CT molecular complexity index is 484. The van der Waals surface area contributed by atoms with E-state index in [9.17, 15) is 4.79 Å². The Morgan fingerprint density at radius 1 is 1.25 bits per heavy atom. The number of Topliss-reactive ketones (excluding diaryl/α,β-unsaturated/α-hetero) is 1. The first-order chi connectivity index (χ1) is 9.61. The molecule has 0 saturated heterocycles. The van der Waals surface area contributed by atoms with Crippen LogP contribution < -0.4 is 4.74 Å². The highest BCUT2D eigenvalue weighted by atomic mass is 79.9. The van der Waals surface area contributed by atoms with Crippen molar-refractivity contribution in [3.8, 4) is 5.75 Å². The van der Waals surface area contributed by atoms with E-state index in [0.717, 1.165) is 30.3 Å². The van der Waals surface area contributed by atoms with E-state index < -0.39 is 0 Å². The van der Waals surface area contributed by atoms with Crippen molar-refractivity contribution in [1.82, 2.24) is 0 Å². The van der Waals surface area contributed by atoms with Crippen LogP contribution in [0, 0.1) is 0 Å². The average molecular weight is 339 g/mol. The van der Waals surface area contributed by atoms with Crippen LogP contribution in [0.15, 0.2) is 18.2 Å². The molecule has 0 spiro atoms. The molecule has 2 nitrogen and oxygen atoms in total. The van der Waals surface area contributed by atoms with Gasteiger partial charge in [0.15, 0.2) is 0 Å². The van der Waals surface area contributed by atoms with Crippen LogP contribution >= 0.6 is 15.9 Å². The number of unbranched alkanes of at least 4 members (excludes halogenated alkanes) is 2. The maximum absolute atomic E-state index is 12.5. The quantitative estimate of drug-likeness (QED) is 0.566. The van der Waals surface area contributed by atoms with Crippen LogP contribution in [-0.4, -0.2) is 18.2 Å². The third-order valence-corrected chi connectivity index (χ3v) is 5.02. The third-order valence-electron chi connectivity index (χ3n) is 4.46. The summed E-state index contributed by atoms with van der Waals surface area (Å²) in [5.41, 5.74) is 2.18. The molecule has 110 valence electrons. The molecule has 0 bridgehead atoms. The van der Waals surface area contributed by atoms with Gasteiger partial charge >= 0.3 is 0 Å². The Labute approximate surface area is 130 Å². The van der Waals surface area contributed by atoms with Crippen molar-refractivity contribution in [1.29, 1.82) is 0 Å². The molecule has 0 heterocycles. The fourth-order valence-corrected chi connectivity index (χ4v) is 3.51. The van der Waals surface area contributed by atoms with Crippen molar-refractivity contribution in [3.05, 3.63) is 29.3 Å². The number of aryl methyl sites for hydroxylation is 1. The number of hydrogen-bond donors (Lipinski definition) is 0. The predicted octanol–water partition coefficient (Wildman–Crippen LogP) is 4.42. The normalized spacial score (nSPS) is 21.6. The van der Waals surface area contributed by atoms with Crippen LogP contribution in [0.3, 0.4) is 0 Å². The molecule has 0 aliphatic heterocycles. The number of ketones is 1. The molecule has 2 rings (SSSR count). The molecule has 0 amide bonds. The Morgan fingerprint density at radius 3 is 2.75 bits per heavy atom. The number of rotatable bonds is 6. The molecule has 0 N–H and O–H groups in total. The Balaban J connectivity index is 2.25. The number of alkyl halides is 1. The molecular weight excluding hydrogens is 316 g/mol. The summed E-state index contributed by atoms with van der Waals surface area (Å²) in [6.07, 6.45) is 5.94. The second-order valence-electron chi connectivity index (χ2n) is 5.78. The van der Waals surface area contributed by atoms with E-state index in [1.54, 1.807) is 7.11 Å². The van der Waals surface area contributed by atoms with Gasteiger partial charge in [0, 0.05) is 11.8 Å². The highest BCUT2D eigenvalue weighted by Gasteiger charge is 2.38. The highest BCUT2D eigenvalue weighted by Crippen LogP contribution is 2.40. The Morgan fingerprint density at radius 2 is 2.05 bits per heavy atom. The van der Waals surface area contributed by atoms with Crippen LogP contribution in [0.1, 0.15) is 50.2 Å². The fourth-order valence-electron chi connectivity index (χ4n) is 3.11. The molecule has 1 aromatic carbocycles. The molecule has 1 unspecified atom stereocenters. The number of carbonyl (C=O) groups is 1. The van der Waals surface area contributed by atoms with Crippen LogP contribution in [-0.2, 0) is 16.6 Å². The van der Waals surface area contributed by atoms with Crippen molar-refractivity contribution < 1.29 is 9.53 Å². The second-order valence-corrected chi connectivity index (χ2v) is 6.57. The van der Waals surface area contributed by atoms with Crippen LogP contribution in [0.2, 0.25) is 0 Å². The van der Waals surface area contributed by atoms with E-state index in [-0.39, 0.29) is 5.41 Å². The first kappa shape index (κ1) is 15.6. The minimum atomic E-state index is -0.325. The summed E-state index contributed by atoms with van der Waals surface area (Å²) in [4.78, 5) is 12.5. The van der Waals surface area contributed by atoms with Gasteiger partial charge in [0.05, 0.1) is 12.5 Å². The lowest BCUT2D eigenvalue weighted by atomic mass is 9.67. The fraction of sp³-hybridized carbons (Fsp3) is 0.588. The molecule has 1 aliphatic rings. The van der Waals surface area contributed by atoms with Crippen LogP contribution in [0.4, 0.5) is 0 Å². The molecule has 1 aliphatic carbocycles. The first-order valence-corrected chi connectivity index (χ1v) is 8.50. The molecule has 1 atom stereocenters. The molecule has 0 fully saturated rings. The number of hydrogen-bond acceptors (Lipinski definition) is 2. The minimum absolute atomic E-state index is 0.325. The van der Waals surface area contributed by atoms with Crippen molar-refractivity contribution in [2.24, 2.45) is 0 Å². The zero-order valence-corrected chi connectivity index (χ0v) is 14.0. The summed E-state index contributed by atoms with van der Waals surface area (Å²) in [5.74, 6) is 1.24. The maximum atomic E-state index is 12.5. The van der Waals surface area contributed by atoms with Gasteiger partial charge in [-0.15, -0.1) is 0 Å². The summed E-state index contributed by atoms with van der Waals surface area (Å²) in [7, 11) is 1.68. The van der Waals surface area contributed by atoms with Gasteiger partial charge < -0.3 is 4.74 Å². The highest BCUT2D eigenvalue weighted by molar-refractivity contribution is 9.09. The lowest BCUT2D eigenvalue weighted by Crippen LogP contribution is -2.37. The van der Waals surface area contributed by atoms with Gasteiger partial charge in [0.2, 0.25) is 0 Å². The Hall–Kier alpha value is -0.830. The summed E-state index contributed by atoms with van der Waals surface area (Å²) in [5, 5.41) is 1.04. The summed E-state index contributed by atoms with van der Waals surface area (Å²) in [6.45, 7) is 2.11. The first-order valence-electron chi connectivity index (χ1n) is 7.38. The van der Waals surface area contributed by atoms with E-state index in [2.05, 4.69) is 35.0 Å². The van der Waals surface area contributed by atoms with Crippen LogP contribution in [0.25, 0.3) is 0 Å². The van der Waals surface area contributed by atoms with Gasteiger partial charge in [0.25, 0.3) is 0 Å². The van der Waals surface area contributed by atoms with Gasteiger partial charge in [-0.2, -0.15) is 0 Å². The zero-order chi connectivity index (χ0) is 14.6. The monoisotopic (exact) mass is 338 g/mol. The maximum Gasteiger partial charge on any atom is 0.143 e. The average Bonchev–Trinajstić information content (AvgIpc) is 2.47. The van der Waals surface area contributed by atoms with E-state index in [1.165, 1.54) is 24.0 Å². The third kappa shape index (κ3) is 3.08. The molecule has 3 heteroatoms. The number of halogens is 1. The summed E-state index contributed by atoms with van der Waals surface area (Å²) in [6, 6.07) is 6.19. The topological polar surface area (TPSA) is 26.3 Å². The largest absolute Gasteiger partial charge is 0.497 e. The standard InChI is InChI=1S/C17H23BrO2/c1-17(10-4-3-5-11-18)15-12-14(20-2)8-6-13(15)7-9-16(17)19/h6,8,12H,3-5,7,9-11H2,1-2H3. The minimum Gasteiger partial charge on any atom is -0.497 e. The molecular formula is C17H23BrO2. The van der Waals surface area contributed by atoms with Gasteiger partial charge in [-0.3, -0.25) is 4.79 Å². The van der Waals surface area contributed by atoms with Crippen molar-refractivity contribution in [2.45, 2.75) is 50.9 Å². The molecule has 20 heavy (non-hydrogen) atoms. The van der Waals surface area contributed by atoms with E-state index >= 15 is 0 Å². The lowest BCUT2D eigenvalue weighted by molar-refractivity contribution is -0.125. The Kier molecular flexibility index (Phi) is 5.25. The van der Waals surface area contributed by atoms with Crippen LogP contribution in [0.5, 0.6) is 5.75 Å². The van der Waals surface area contributed by atoms with Crippen molar-refractivity contribution in [2.75, 3.05) is 12.4 Å². The summed E-state index contributed by atoms with van der Waals surface area (Å²) >= 11 is 3.46. The number of carbonyl (C=O) groups excluding carboxylic acids is 1. The van der Waals surface area contributed by atoms with Crippen molar-refractivity contribution >= 4 is 21.7 Å². The van der Waals surface area contributed by atoms with Gasteiger partial charge in [-0.1, -0.05) is 34.8 Å². The number of fused-ring (bicyclic) bond motifs is 1. The van der Waals surface area contributed by atoms with Gasteiger partial charge in [-0.05, 0) is 49.4 Å². The number of ether oxygens (including phenoxy) is 1.